The van der Waals surface area contributed by atoms with E-state index in [9.17, 15) is 4.55 Å². The summed E-state index contributed by atoms with van der Waals surface area (Å²) in [6, 6.07) is 3.90. The Bertz CT molecular complexity index is 592. The Morgan fingerprint density at radius 2 is 2.10 bits per heavy atom. The molecule has 0 amide bonds. The van der Waals surface area contributed by atoms with Gasteiger partial charge in [-0.1, -0.05) is 0 Å². The number of hydrogen-bond acceptors (Lipinski definition) is 4. The summed E-state index contributed by atoms with van der Waals surface area (Å²) >= 11 is -1.10. The first-order valence-corrected chi connectivity index (χ1v) is 8.08. The van der Waals surface area contributed by atoms with Crippen molar-refractivity contribution in [3.05, 3.63) is 41.9 Å². The maximum Gasteiger partial charge on any atom is 0.156 e. The molecule has 5 nitrogen and oxygen atoms in total. The molecule has 0 radical (unpaired) electrons. The third-order valence-electron chi connectivity index (χ3n) is 3.13. The van der Waals surface area contributed by atoms with Crippen LogP contribution in [0.25, 0.3) is 5.82 Å². The summed E-state index contributed by atoms with van der Waals surface area (Å²) in [4.78, 5) is 4.47. The average molecular weight is 306 g/mol. The summed E-state index contributed by atoms with van der Waals surface area (Å²) in [7, 11) is 0. The van der Waals surface area contributed by atoms with E-state index in [1.165, 1.54) is 0 Å². The van der Waals surface area contributed by atoms with Crippen LogP contribution in [-0.4, -0.2) is 24.1 Å². The molecule has 2 heterocycles. The largest absolute Gasteiger partial charge is 0.598 e. The fourth-order valence-electron chi connectivity index (χ4n) is 1.87. The average Bonchev–Trinajstić information content (AvgIpc) is 2.91. The first kappa shape index (κ1) is 16.0. The maximum absolute atomic E-state index is 12.2. The molecule has 0 aromatic carbocycles. The number of nitrogens with one attached hydrogen (secondary N) is 1. The molecule has 2 atom stereocenters. The zero-order chi connectivity index (χ0) is 15.6. The van der Waals surface area contributed by atoms with Crippen LogP contribution in [0.3, 0.4) is 0 Å². The van der Waals surface area contributed by atoms with Crippen molar-refractivity contribution in [3.8, 4) is 5.82 Å². The van der Waals surface area contributed by atoms with Crippen molar-refractivity contribution in [1.82, 2.24) is 19.5 Å². The highest BCUT2D eigenvalue weighted by molar-refractivity contribution is 7.90. The maximum atomic E-state index is 12.2. The molecule has 0 saturated carbocycles. The van der Waals surface area contributed by atoms with Crippen LogP contribution in [0.4, 0.5) is 0 Å². The van der Waals surface area contributed by atoms with Gasteiger partial charge in [0, 0.05) is 30.0 Å². The van der Waals surface area contributed by atoms with Gasteiger partial charge in [0.15, 0.2) is 5.82 Å². The van der Waals surface area contributed by atoms with E-state index in [4.69, 9.17) is 0 Å². The smallest absolute Gasteiger partial charge is 0.156 e. The van der Waals surface area contributed by atoms with Crippen LogP contribution < -0.4 is 4.72 Å². The summed E-state index contributed by atoms with van der Waals surface area (Å²) in [6.07, 6.45) is 5.40. The first-order valence-electron chi connectivity index (χ1n) is 6.93. The minimum Gasteiger partial charge on any atom is -0.598 e. The molecule has 6 heteroatoms. The highest BCUT2D eigenvalue weighted by atomic mass is 32.2. The Kier molecular flexibility index (Phi) is 4.70. The van der Waals surface area contributed by atoms with Gasteiger partial charge in [0.05, 0.1) is 6.04 Å². The van der Waals surface area contributed by atoms with E-state index < -0.39 is 11.4 Å². The molecular weight excluding hydrogens is 284 g/mol. The van der Waals surface area contributed by atoms with E-state index in [1.54, 1.807) is 10.9 Å². The lowest BCUT2D eigenvalue weighted by Crippen LogP contribution is -2.40. The van der Waals surface area contributed by atoms with Gasteiger partial charge >= 0.3 is 0 Å². The van der Waals surface area contributed by atoms with Gasteiger partial charge in [0.1, 0.15) is 4.75 Å². The van der Waals surface area contributed by atoms with E-state index in [-0.39, 0.29) is 10.8 Å². The SMILES string of the molecule is Cc1cc([C@@H](C)N[S@+]([O-])C(C)(C)C)cnc1-n1cccn1. The van der Waals surface area contributed by atoms with E-state index in [1.807, 2.05) is 53.1 Å². The van der Waals surface area contributed by atoms with Crippen LogP contribution >= 0.6 is 0 Å². The fourth-order valence-corrected chi connectivity index (χ4v) is 2.68. The second-order valence-electron chi connectivity index (χ2n) is 6.08. The highest BCUT2D eigenvalue weighted by Gasteiger charge is 2.28. The van der Waals surface area contributed by atoms with Crippen LogP contribution in [-0.2, 0) is 11.4 Å². The predicted octanol–water partition coefficient (Wildman–Crippen LogP) is 2.69. The lowest BCUT2D eigenvalue weighted by Gasteiger charge is -2.26. The Morgan fingerprint density at radius 1 is 1.38 bits per heavy atom. The van der Waals surface area contributed by atoms with Gasteiger partial charge in [0.25, 0.3) is 0 Å². The van der Waals surface area contributed by atoms with Gasteiger partial charge in [-0.25, -0.2) is 9.67 Å². The summed E-state index contributed by atoms with van der Waals surface area (Å²) in [6.45, 7) is 9.85. The molecule has 2 aromatic heterocycles. The van der Waals surface area contributed by atoms with Gasteiger partial charge < -0.3 is 4.55 Å². The summed E-state index contributed by atoms with van der Waals surface area (Å²) in [5.41, 5.74) is 2.05. The molecule has 0 bridgehead atoms. The molecule has 0 saturated heterocycles. The lowest BCUT2D eigenvalue weighted by molar-refractivity contribution is 0.531. The fraction of sp³-hybridized carbons (Fsp3) is 0.467. The topological polar surface area (TPSA) is 65.8 Å². The van der Waals surface area contributed by atoms with Crippen molar-refractivity contribution in [1.29, 1.82) is 0 Å². The normalized spacial score (nSPS) is 15.0. The molecule has 0 unspecified atom stereocenters. The second kappa shape index (κ2) is 6.17. The molecule has 0 aliphatic rings. The van der Waals surface area contributed by atoms with Gasteiger partial charge in [-0.2, -0.15) is 5.10 Å². The summed E-state index contributed by atoms with van der Waals surface area (Å²) in [5.74, 6) is 0.813. The van der Waals surface area contributed by atoms with Crippen molar-refractivity contribution < 1.29 is 4.55 Å². The second-order valence-corrected chi connectivity index (χ2v) is 8.08. The summed E-state index contributed by atoms with van der Waals surface area (Å²) in [5, 5.41) is 4.19. The van der Waals surface area contributed by atoms with Crippen molar-refractivity contribution in [3.63, 3.8) is 0 Å². The number of aromatic nitrogens is 3. The van der Waals surface area contributed by atoms with Crippen LogP contribution in [0.2, 0.25) is 0 Å². The quantitative estimate of drug-likeness (QED) is 0.882. The molecule has 21 heavy (non-hydrogen) atoms. The minimum atomic E-state index is -1.10. The molecule has 0 aliphatic carbocycles. The van der Waals surface area contributed by atoms with Crippen LogP contribution in [0.1, 0.15) is 44.9 Å². The van der Waals surface area contributed by atoms with E-state index >= 15 is 0 Å². The zero-order valence-electron chi connectivity index (χ0n) is 13.1. The van der Waals surface area contributed by atoms with Crippen molar-refractivity contribution in [2.24, 2.45) is 0 Å². The number of hydrogen-bond donors (Lipinski definition) is 1. The Labute approximate surface area is 129 Å². The standard InChI is InChI=1S/C15H22N4OS/c1-11-9-13(12(2)18-21(20)15(3,4)5)10-16-14(11)19-8-6-7-17-19/h6-10,12,18H,1-5H3/t12-,21-/m1/s1. The van der Waals surface area contributed by atoms with Crippen molar-refractivity contribution >= 4 is 11.4 Å². The van der Waals surface area contributed by atoms with Crippen molar-refractivity contribution in [2.45, 2.75) is 45.4 Å². The predicted molar refractivity (Wildman–Crippen MR) is 85.5 cm³/mol. The van der Waals surface area contributed by atoms with E-state index in [2.05, 4.69) is 20.9 Å². The Balaban J connectivity index is 2.16. The van der Waals surface area contributed by atoms with Crippen LogP contribution in [0, 0.1) is 6.92 Å². The van der Waals surface area contributed by atoms with Gasteiger partial charge in [0.2, 0.25) is 0 Å². The molecule has 0 spiro atoms. The number of nitrogens with zero attached hydrogens (tertiary/aromatic N) is 3. The Morgan fingerprint density at radius 3 is 2.62 bits per heavy atom. The highest BCUT2D eigenvalue weighted by Crippen LogP contribution is 2.21. The van der Waals surface area contributed by atoms with Crippen LogP contribution in [0.15, 0.2) is 30.7 Å². The van der Waals surface area contributed by atoms with Gasteiger partial charge in [-0.3, -0.25) is 0 Å². The minimum absolute atomic E-state index is 0.0251. The van der Waals surface area contributed by atoms with Crippen LogP contribution in [0.5, 0.6) is 0 Å². The Hall–Kier alpha value is -1.37. The van der Waals surface area contributed by atoms with E-state index in [0.717, 1.165) is 16.9 Å². The van der Waals surface area contributed by atoms with Gasteiger partial charge in [-0.05, 0) is 57.9 Å². The first-order chi connectivity index (χ1) is 9.79. The van der Waals surface area contributed by atoms with Gasteiger partial charge in [-0.15, -0.1) is 4.72 Å². The molecule has 114 valence electrons. The summed E-state index contributed by atoms with van der Waals surface area (Å²) < 4.78 is 16.7. The molecule has 2 rings (SSSR count). The number of pyridine rings is 1. The lowest BCUT2D eigenvalue weighted by atomic mass is 10.1. The number of rotatable bonds is 4. The third kappa shape index (κ3) is 3.84. The molecule has 2 aromatic rings. The molecule has 1 N–H and O–H groups in total. The van der Waals surface area contributed by atoms with E-state index in [0.29, 0.717) is 0 Å². The third-order valence-corrected chi connectivity index (χ3v) is 4.81. The monoisotopic (exact) mass is 306 g/mol. The zero-order valence-corrected chi connectivity index (χ0v) is 13.9. The number of aryl methyl sites for hydroxylation is 1. The molecule has 0 aliphatic heterocycles. The van der Waals surface area contributed by atoms with Crippen molar-refractivity contribution in [2.75, 3.05) is 0 Å². The molecular formula is C15H22N4OS. The molecule has 0 fully saturated rings.